The Balaban J connectivity index is 1.86. The molecule has 1 aromatic heterocycles. The zero-order valence-corrected chi connectivity index (χ0v) is 20.8. The van der Waals surface area contributed by atoms with Crippen LogP contribution in [0, 0.1) is 0 Å². The van der Waals surface area contributed by atoms with E-state index in [4.69, 9.17) is 19.2 Å². The summed E-state index contributed by atoms with van der Waals surface area (Å²) < 4.78 is 17.8. The van der Waals surface area contributed by atoms with Crippen molar-refractivity contribution in [2.75, 3.05) is 27.8 Å². The van der Waals surface area contributed by atoms with Crippen molar-refractivity contribution in [2.45, 2.75) is 45.8 Å². The lowest BCUT2D eigenvalue weighted by Gasteiger charge is -2.25. The number of amides is 1. The van der Waals surface area contributed by atoms with E-state index < -0.39 is 11.7 Å². The van der Waals surface area contributed by atoms with Crippen molar-refractivity contribution in [3.63, 3.8) is 0 Å². The van der Waals surface area contributed by atoms with Gasteiger partial charge in [0, 0.05) is 26.6 Å². The molecule has 3 aromatic rings. The molecule has 0 atom stereocenters. The number of ether oxygens (including phenoxy) is 3. The Morgan fingerprint density at radius 2 is 1.74 bits per heavy atom. The molecule has 0 bridgehead atoms. The first-order valence-electron chi connectivity index (χ1n) is 11.3. The SMILES string of the molecule is COc1ccc(CCn2c(CCN(C)C(=O)OC(C)(C)C)nc3ccccc3c2=O)cc1OC. The van der Waals surface area contributed by atoms with Gasteiger partial charge in [0.05, 0.1) is 25.1 Å². The van der Waals surface area contributed by atoms with Crippen molar-refractivity contribution < 1.29 is 19.0 Å². The smallest absolute Gasteiger partial charge is 0.410 e. The van der Waals surface area contributed by atoms with Crippen LogP contribution in [-0.4, -0.2) is 54.0 Å². The third-order valence-corrected chi connectivity index (χ3v) is 5.39. The van der Waals surface area contributed by atoms with Crippen LogP contribution in [-0.2, 0) is 24.1 Å². The predicted molar refractivity (Wildman–Crippen MR) is 132 cm³/mol. The third kappa shape index (κ3) is 6.07. The van der Waals surface area contributed by atoms with Gasteiger partial charge in [-0.05, 0) is 57.0 Å². The zero-order chi connectivity index (χ0) is 24.9. The average Bonchev–Trinajstić information content (AvgIpc) is 2.80. The van der Waals surface area contributed by atoms with E-state index in [1.54, 1.807) is 31.9 Å². The van der Waals surface area contributed by atoms with E-state index in [0.29, 0.717) is 54.2 Å². The van der Waals surface area contributed by atoms with Crippen LogP contribution in [0.25, 0.3) is 10.9 Å². The van der Waals surface area contributed by atoms with Gasteiger partial charge in [-0.3, -0.25) is 9.36 Å². The molecule has 0 aliphatic rings. The fourth-order valence-electron chi connectivity index (χ4n) is 3.61. The molecule has 34 heavy (non-hydrogen) atoms. The molecule has 0 saturated carbocycles. The number of para-hydroxylation sites is 1. The summed E-state index contributed by atoms with van der Waals surface area (Å²) in [6, 6.07) is 13.0. The number of carbonyl (C=O) groups is 1. The minimum Gasteiger partial charge on any atom is -0.493 e. The molecule has 0 N–H and O–H groups in total. The van der Waals surface area contributed by atoms with E-state index in [1.165, 1.54) is 4.90 Å². The maximum atomic E-state index is 13.3. The number of rotatable bonds is 8. The van der Waals surface area contributed by atoms with Gasteiger partial charge in [-0.1, -0.05) is 18.2 Å². The Bertz CT molecular complexity index is 1210. The number of methoxy groups -OCH3 is 2. The summed E-state index contributed by atoms with van der Waals surface area (Å²) in [4.78, 5) is 32.0. The van der Waals surface area contributed by atoms with Crippen molar-refractivity contribution in [1.29, 1.82) is 0 Å². The number of aromatic nitrogens is 2. The second-order valence-corrected chi connectivity index (χ2v) is 9.09. The van der Waals surface area contributed by atoms with Crippen molar-refractivity contribution in [3.05, 3.63) is 64.2 Å². The molecule has 182 valence electrons. The van der Waals surface area contributed by atoms with Crippen molar-refractivity contribution in [1.82, 2.24) is 14.5 Å². The van der Waals surface area contributed by atoms with Gasteiger partial charge in [-0.25, -0.2) is 9.78 Å². The summed E-state index contributed by atoms with van der Waals surface area (Å²) >= 11 is 0. The standard InChI is InChI=1S/C26H33N3O5/c1-26(2,3)34-25(31)28(4)15-14-23-27-20-10-8-7-9-19(20)24(30)29(23)16-13-18-11-12-21(32-5)22(17-18)33-6/h7-12,17H,13-16H2,1-6H3. The maximum absolute atomic E-state index is 13.3. The Kier molecular flexibility index (Phi) is 7.81. The molecule has 2 aromatic carbocycles. The summed E-state index contributed by atoms with van der Waals surface area (Å²) in [5.74, 6) is 1.92. The number of likely N-dealkylation sites (N-methyl/N-ethyl adjacent to an activating group) is 1. The molecule has 0 spiro atoms. The van der Waals surface area contributed by atoms with E-state index >= 15 is 0 Å². The lowest BCUT2D eigenvalue weighted by molar-refractivity contribution is 0.0299. The largest absolute Gasteiger partial charge is 0.493 e. The maximum Gasteiger partial charge on any atom is 0.410 e. The van der Waals surface area contributed by atoms with Gasteiger partial charge in [0.25, 0.3) is 5.56 Å². The summed E-state index contributed by atoms with van der Waals surface area (Å²) in [5.41, 5.74) is 0.981. The van der Waals surface area contributed by atoms with Crippen molar-refractivity contribution >= 4 is 17.0 Å². The molecule has 8 heteroatoms. The molecular formula is C26H33N3O5. The van der Waals surface area contributed by atoms with E-state index in [9.17, 15) is 9.59 Å². The minimum atomic E-state index is -0.575. The third-order valence-electron chi connectivity index (χ3n) is 5.39. The molecule has 0 saturated heterocycles. The van der Waals surface area contributed by atoms with Crippen LogP contribution >= 0.6 is 0 Å². The highest BCUT2D eigenvalue weighted by Crippen LogP contribution is 2.27. The monoisotopic (exact) mass is 467 g/mol. The molecule has 3 rings (SSSR count). The normalized spacial score (nSPS) is 11.4. The summed E-state index contributed by atoms with van der Waals surface area (Å²) in [5, 5.41) is 0.569. The van der Waals surface area contributed by atoms with Crippen molar-refractivity contribution in [3.8, 4) is 11.5 Å². The van der Waals surface area contributed by atoms with Crippen LogP contribution in [0.1, 0.15) is 32.2 Å². The molecule has 0 fully saturated rings. The summed E-state index contributed by atoms with van der Waals surface area (Å²) in [6.07, 6.45) is 0.615. The first kappa shape index (κ1) is 25.1. The summed E-state index contributed by atoms with van der Waals surface area (Å²) in [7, 11) is 4.87. The van der Waals surface area contributed by atoms with Gasteiger partial charge >= 0.3 is 6.09 Å². The fourth-order valence-corrected chi connectivity index (χ4v) is 3.61. The van der Waals surface area contributed by atoms with E-state index in [0.717, 1.165) is 5.56 Å². The first-order valence-corrected chi connectivity index (χ1v) is 11.3. The Morgan fingerprint density at radius 3 is 2.41 bits per heavy atom. The number of fused-ring (bicyclic) bond motifs is 1. The average molecular weight is 468 g/mol. The number of carbonyl (C=O) groups excluding carboxylic acids is 1. The molecule has 0 radical (unpaired) electrons. The van der Waals surface area contributed by atoms with Crippen LogP contribution in [0.2, 0.25) is 0 Å². The minimum absolute atomic E-state index is 0.0963. The van der Waals surface area contributed by atoms with Gasteiger partial charge in [-0.2, -0.15) is 0 Å². The predicted octanol–water partition coefficient (Wildman–Crippen LogP) is 4.07. The molecule has 1 amide bonds. The highest BCUT2D eigenvalue weighted by molar-refractivity contribution is 5.77. The van der Waals surface area contributed by atoms with Crippen LogP contribution in [0.4, 0.5) is 4.79 Å². The number of benzene rings is 2. The lowest BCUT2D eigenvalue weighted by atomic mass is 10.1. The van der Waals surface area contributed by atoms with E-state index in [-0.39, 0.29) is 5.56 Å². The van der Waals surface area contributed by atoms with Crippen LogP contribution < -0.4 is 15.0 Å². The zero-order valence-electron chi connectivity index (χ0n) is 20.8. The summed E-state index contributed by atoms with van der Waals surface area (Å²) in [6.45, 7) is 6.30. The van der Waals surface area contributed by atoms with Crippen LogP contribution in [0.5, 0.6) is 11.5 Å². The number of aryl methyl sites for hydroxylation is 1. The van der Waals surface area contributed by atoms with Gasteiger partial charge in [-0.15, -0.1) is 0 Å². The molecule has 1 heterocycles. The van der Waals surface area contributed by atoms with Gasteiger partial charge in [0.1, 0.15) is 11.4 Å². The van der Waals surface area contributed by atoms with E-state index in [2.05, 4.69) is 0 Å². The number of hydrogen-bond donors (Lipinski definition) is 0. The Morgan fingerprint density at radius 1 is 1.03 bits per heavy atom. The highest BCUT2D eigenvalue weighted by atomic mass is 16.6. The van der Waals surface area contributed by atoms with Gasteiger partial charge in [0.15, 0.2) is 11.5 Å². The quantitative estimate of drug-likeness (QED) is 0.497. The lowest BCUT2D eigenvalue weighted by Crippen LogP contribution is -2.36. The van der Waals surface area contributed by atoms with Gasteiger partial charge < -0.3 is 19.1 Å². The Labute approximate surface area is 200 Å². The Hall–Kier alpha value is -3.55. The molecule has 8 nitrogen and oxygen atoms in total. The number of nitrogens with zero attached hydrogens (tertiary/aromatic N) is 3. The second kappa shape index (κ2) is 10.6. The highest BCUT2D eigenvalue weighted by Gasteiger charge is 2.20. The topological polar surface area (TPSA) is 82.9 Å². The second-order valence-electron chi connectivity index (χ2n) is 9.09. The molecule has 0 aliphatic carbocycles. The first-order chi connectivity index (χ1) is 16.1. The van der Waals surface area contributed by atoms with Gasteiger partial charge in [0.2, 0.25) is 0 Å². The fraction of sp³-hybridized carbons (Fsp3) is 0.423. The molecule has 0 unspecified atom stereocenters. The van der Waals surface area contributed by atoms with Crippen LogP contribution in [0.15, 0.2) is 47.3 Å². The van der Waals surface area contributed by atoms with Crippen molar-refractivity contribution in [2.24, 2.45) is 0 Å². The molecular weight excluding hydrogens is 434 g/mol. The number of hydrogen-bond acceptors (Lipinski definition) is 6. The van der Waals surface area contributed by atoms with Crippen LogP contribution in [0.3, 0.4) is 0 Å². The molecule has 0 aliphatic heterocycles. The van der Waals surface area contributed by atoms with E-state index in [1.807, 2.05) is 57.2 Å².